The number of aryl methyl sites for hydroxylation is 1. The average Bonchev–Trinajstić information content (AvgIpc) is 3.17. The number of nitrogens with zero attached hydrogens (tertiary/aromatic N) is 3. The zero-order valence-electron chi connectivity index (χ0n) is 17.7. The smallest absolute Gasteiger partial charge is 0.303 e. The summed E-state index contributed by atoms with van der Waals surface area (Å²) >= 11 is 0. The number of aliphatic carboxylic acids is 1. The molecule has 0 aliphatic carbocycles. The van der Waals surface area contributed by atoms with Gasteiger partial charge in [0.1, 0.15) is 12.4 Å². The minimum absolute atomic E-state index is 0.0294. The zero-order valence-corrected chi connectivity index (χ0v) is 17.7. The molecular formula is C25H25N3O3. The number of benzene rings is 2. The summed E-state index contributed by atoms with van der Waals surface area (Å²) in [4.78, 5) is 19.4. The van der Waals surface area contributed by atoms with Gasteiger partial charge in [0, 0.05) is 18.6 Å². The lowest BCUT2D eigenvalue weighted by Gasteiger charge is -2.13. The van der Waals surface area contributed by atoms with E-state index in [-0.39, 0.29) is 12.3 Å². The molecule has 6 heteroatoms. The van der Waals surface area contributed by atoms with E-state index in [0.717, 1.165) is 22.6 Å². The Morgan fingerprint density at radius 3 is 2.65 bits per heavy atom. The summed E-state index contributed by atoms with van der Waals surface area (Å²) in [6.07, 6.45) is 7.37. The topological polar surface area (TPSA) is 77.2 Å². The second-order valence-electron chi connectivity index (χ2n) is 7.78. The molecule has 1 unspecified atom stereocenters. The second kappa shape index (κ2) is 9.00. The molecule has 2 heterocycles. The third-order valence-corrected chi connectivity index (χ3v) is 5.57. The summed E-state index contributed by atoms with van der Waals surface area (Å²) in [6, 6.07) is 14.0. The fourth-order valence-corrected chi connectivity index (χ4v) is 3.83. The summed E-state index contributed by atoms with van der Waals surface area (Å²) in [5.74, 6) is -0.0539. The van der Waals surface area contributed by atoms with Gasteiger partial charge >= 0.3 is 5.97 Å². The van der Waals surface area contributed by atoms with Crippen molar-refractivity contribution in [2.24, 2.45) is 0 Å². The number of ether oxygens (including phenoxy) is 1. The summed E-state index contributed by atoms with van der Waals surface area (Å²) < 4.78 is 8.22. The van der Waals surface area contributed by atoms with Crippen molar-refractivity contribution in [1.82, 2.24) is 14.5 Å². The van der Waals surface area contributed by atoms with Gasteiger partial charge in [-0.15, -0.1) is 0 Å². The van der Waals surface area contributed by atoms with E-state index < -0.39 is 5.97 Å². The van der Waals surface area contributed by atoms with Crippen LogP contribution in [0.4, 0.5) is 0 Å². The first kappa shape index (κ1) is 20.6. The normalized spacial score (nSPS) is 12.1. The lowest BCUT2D eigenvalue weighted by atomic mass is 9.98. The van der Waals surface area contributed by atoms with Gasteiger partial charge in [0.05, 0.1) is 30.4 Å². The third-order valence-electron chi connectivity index (χ3n) is 5.57. The molecule has 2 aromatic carbocycles. The molecule has 31 heavy (non-hydrogen) atoms. The molecule has 0 amide bonds. The van der Waals surface area contributed by atoms with Crippen LogP contribution in [0.5, 0.6) is 5.75 Å². The number of rotatable bonds is 8. The minimum Gasteiger partial charge on any atom is -0.489 e. The van der Waals surface area contributed by atoms with Crippen molar-refractivity contribution in [1.29, 1.82) is 0 Å². The summed E-state index contributed by atoms with van der Waals surface area (Å²) in [5, 5.41) is 10.1. The second-order valence-corrected chi connectivity index (χ2v) is 7.78. The molecule has 158 valence electrons. The highest BCUT2D eigenvalue weighted by atomic mass is 16.5. The largest absolute Gasteiger partial charge is 0.489 e. The van der Waals surface area contributed by atoms with Gasteiger partial charge in [0.15, 0.2) is 0 Å². The van der Waals surface area contributed by atoms with Crippen molar-refractivity contribution in [2.75, 3.05) is 0 Å². The average molecular weight is 415 g/mol. The maximum absolute atomic E-state index is 10.9. The van der Waals surface area contributed by atoms with E-state index in [1.54, 1.807) is 18.6 Å². The maximum atomic E-state index is 10.9. The predicted molar refractivity (Wildman–Crippen MR) is 119 cm³/mol. The molecule has 4 aromatic rings. The van der Waals surface area contributed by atoms with Gasteiger partial charge in [-0.25, -0.2) is 0 Å². The van der Waals surface area contributed by atoms with E-state index in [1.807, 2.05) is 31.2 Å². The Kier molecular flexibility index (Phi) is 5.98. The van der Waals surface area contributed by atoms with Crippen molar-refractivity contribution in [3.05, 3.63) is 89.6 Å². The van der Waals surface area contributed by atoms with Crippen molar-refractivity contribution in [3.8, 4) is 5.75 Å². The van der Waals surface area contributed by atoms with Gasteiger partial charge in [-0.3, -0.25) is 14.8 Å². The van der Waals surface area contributed by atoms with E-state index in [1.165, 1.54) is 16.5 Å². The Balaban J connectivity index is 1.49. The van der Waals surface area contributed by atoms with E-state index in [9.17, 15) is 4.79 Å². The first-order valence-electron chi connectivity index (χ1n) is 10.3. The fraction of sp³-hybridized carbons (Fsp3) is 0.240. The van der Waals surface area contributed by atoms with Gasteiger partial charge in [-0.1, -0.05) is 31.2 Å². The molecular weight excluding hydrogens is 390 g/mol. The SMILES string of the molecule is Cc1c(COc2ccc(C(C)CC(=O)O)cc2)ccc2ccn(Cc3cnccn3)c12. The molecule has 0 spiro atoms. The quantitative estimate of drug-likeness (QED) is 0.441. The van der Waals surface area contributed by atoms with E-state index in [2.05, 4.69) is 45.9 Å². The maximum Gasteiger partial charge on any atom is 0.303 e. The minimum atomic E-state index is -0.789. The van der Waals surface area contributed by atoms with Crippen LogP contribution in [-0.2, 0) is 17.9 Å². The Morgan fingerprint density at radius 2 is 1.94 bits per heavy atom. The molecule has 6 nitrogen and oxygen atoms in total. The highest BCUT2D eigenvalue weighted by Crippen LogP contribution is 2.26. The zero-order chi connectivity index (χ0) is 21.8. The van der Waals surface area contributed by atoms with Gasteiger partial charge in [0.25, 0.3) is 0 Å². The molecule has 0 fully saturated rings. The summed E-state index contributed by atoms with van der Waals surface area (Å²) in [6.45, 7) is 5.16. The molecule has 0 radical (unpaired) electrons. The number of carbonyl (C=O) groups is 1. The van der Waals surface area contributed by atoms with Crippen LogP contribution in [0.25, 0.3) is 10.9 Å². The molecule has 0 aliphatic rings. The first-order valence-corrected chi connectivity index (χ1v) is 10.3. The number of carboxylic acids is 1. The predicted octanol–water partition coefficient (Wildman–Crippen LogP) is 4.95. The monoisotopic (exact) mass is 415 g/mol. The molecule has 1 N–H and O–H groups in total. The number of hydrogen-bond acceptors (Lipinski definition) is 4. The van der Waals surface area contributed by atoms with Gasteiger partial charge in [0.2, 0.25) is 0 Å². The van der Waals surface area contributed by atoms with E-state index >= 15 is 0 Å². The van der Waals surface area contributed by atoms with Crippen LogP contribution >= 0.6 is 0 Å². The van der Waals surface area contributed by atoms with Crippen LogP contribution in [0.15, 0.2) is 67.3 Å². The third kappa shape index (κ3) is 4.74. The molecule has 0 aliphatic heterocycles. The first-order chi connectivity index (χ1) is 15.0. The van der Waals surface area contributed by atoms with Crippen molar-refractivity contribution < 1.29 is 14.6 Å². The highest BCUT2D eigenvalue weighted by molar-refractivity contribution is 5.84. The van der Waals surface area contributed by atoms with Crippen LogP contribution in [0.1, 0.15) is 41.6 Å². The van der Waals surface area contributed by atoms with Crippen molar-refractivity contribution in [2.45, 2.75) is 39.3 Å². The molecule has 0 saturated carbocycles. The lowest BCUT2D eigenvalue weighted by molar-refractivity contribution is -0.137. The highest BCUT2D eigenvalue weighted by Gasteiger charge is 2.12. The number of fused-ring (bicyclic) bond motifs is 1. The summed E-state index contributed by atoms with van der Waals surface area (Å²) in [5.41, 5.74) is 5.38. The standard InChI is InChI=1S/C25H25N3O3/c1-17(13-24(29)30)19-5-7-23(8-6-19)31-16-21-4-3-20-9-12-28(25(20)18(21)2)15-22-14-26-10-11-27-22/h3-12,14,17H,13,15-16H2,1-2H3,(H,29,30). The molecule has 0 bridgehead atoms. The Bertz CT molecular complexity index is 1180. The van der Waals surface area contributed by atoms with Crippen LogP contribution in [0.3, 0.4) is 0 Å². The van der Waals surface area contributed by atoms with Gasteiger partial charge in [-0.05, 0) is 53.1 Å². The van der Waals surface area contributed by atoms with E-state index in [4.69, 9.17) is 9.84 Å². The number of aromatic nitrogens is 3. The molecule has 1 atom stereocenters. The number of carboxylic acid groups (broad SMARTS) is 1. The van der Waals surface area contributed by atoms with Crippen LogP contribution in [0.2, 0.25) is 0 Å². The van der Waals surface area contributed by atoms with Crippen LogP contribution in [-0.4, -0.2) is 25.6 Å². The van der Waals surface area contributed by atoms with Crippen molar-refractivity contribution in [3.63, 3.8) is 0 Å². The Hall–Kier alpha value is -3.67. The molecule has 2 aromatic heterocycles. The lowest BCUT2D eigenvalue weighted by Crippen LogP contribution is -2.04. The van der Waals surface area contributed by atoms with E-state index in [0.29, 0.717) is 13.2 Å². The Labute approximate surface area is 181 Å². The molecule has 4 rings (SSSR count). The molecule has 0 saturated heterocycles. The van der Waals surface area contributed by atoms with Gasteiger partial charge < -0.3 is 14.4 Å². The number of hydrogen-bond donors (Lipinski definition) is 1. The van der Waals surface area contributed by atoms with Crippen molar-refractivity contribution >= 4 is 16.9 Å². The summed E-state index contributed by atoms with van der Waals surface area (Å²) in [7, 11) is 0. The van der Waals surface area contributed by atoms with Crippen LogP contribution in [0, 0.1) is 6.92 Å². The Morgan fingerprint density at radius 1 is 1.13 bits per heavy atom. The fourth-order valence-electron chi connectivity index (χ4n) is 3.83. The van der Waals surface area contributed by atoms with Gasteiger partial charge in [-0.2, -0.15) is 0 Å². The van der Waals surface area contributed by atoms with Crippen LogP contribution < -0.4 is 4.74 Å².